The predicted octanol–water partition coefficient (Wildman–Crippen LogP) is 4.82. The summed E-state index contributed by atoms with van der Waals surface area (Å²) in [4.78, 5) is 26.4. The number of carbonyl (C=O) groups excluding carboxylic acids is 1. The van der Waals surface area contributed by atoms with Gasteiger partial charge in [-0.25, -0.2) is 15.0 Å². The number of imidazole rings is 1. The Morgan fingerprint density at radius 2 is 1.57 bits per heavy atom. The smallest absolute Gasteiger partial charge is 0.256 e. The molecule has 4 aromatic carbocycles. The van der Waals surface area contributed by atoms with Crippen LogP contribution in [0.2, 0.25) is 0 Å². The Balaban J connectivity index is 1.22. The number of rotatable bonds is 8. The molecular formula is C37H31N5O7. The Bertz CT molecular complexity index is 2090. The van der Waals surface area contributed by atoms with Gasteiger partial charge in [-0.3, -0.25) is 9.36 Å². The first-order valence-electron chi connectivity index (χ1n) is 15.7. The van der Waals surface area contributed by atoms with E-state index in [4.69, 9.17) is 18.9 Å². The number of aliphatic hydroxyl groups is 2. The van der Waals surface area contributed by atoms with E-state index in [-0.39, 0.29) is 5.82 Å². The summed E-state index contributed by atoms with van der Waals surface area (Å²) in [5.41, 5.74) is 2.04. The molecule has 0 unspecified atom stereocenters. The molecule has 0 saturated carbocycles. The molecule has 0 aliphatic carbocycles. The van der Waals surface area contributed by atoms with E-state index in [0.717, 1.165) is 16.7 Å². The lowest BCUT2D eigenvalue weighted by atomic mass is 9.77. The summed E-state index contributed by atoms with van der Waals surface area (Å²) >= 11 is 0. The van der Waals surface area contributed by atoms with Gasteiger partial charge in [0.25, 0.3) is 5.91 Å². The highest BCUT2D eigenvalue weighted by molar-refractivity contribution is 6.06. The minimum atomic E-state index is -1.26. The lowest BCUT2D eigenvalue weighted by Crippen LogP contribution is -2.45. The maximum Gasteiger partial charge on any atom is 0.256 e. The van der Waals surface area contributed by atoms with E-state index in [1.165, 1.54) is 12.7 Å². The number of ether oxygens (including phenoxy) is 4. The van der Waals surface area contributed by atoms with Crippen LogP contribution in [-0.2, 0) is 15.1 Å². The van der Waals surface area contributed by atoms with Crippen LogP contribution >= 0.6 is 0 Å². The van der Waals surface area contributed by atoms with Crippen molar-refractivity contribution in [2.45, 2.75) is 30.1 Å². The maximum absolute atomic E-state index is 13.1. The number of carbonyl (C=O) groups is 1. The third kappa shape index (κ3) is 5.09. The molecule has 0 spiro atoms. The second kappa shape index (κ2) is 12.4. The van der Waals surface area contributed by atoms with Gasteiger partial charge in [-0.05, 0) is 42.0 Å². The average molecular weight is 658 g/mol. The molecular weight excluding hydrogens is 626 g/mol. The van der Waals surface area contributed by atoms with Crippen molar-refractivity contribution < 1.29 is 34.0 Å². The van der Waals surface area contributed by atoms with E-state index in [0.29, 0.717) is 34.0 Å². The molecule has 4 atom stereocenters. The van der Waals surface area contributed by atoms with E-state index in [9.17, 15) is 15.0 Å². The average Bonchev–Trinajstić information content (AvgIpc) is 3.72. The summed E-state index contributed by atoms with van der Waals surface area (Å²) in [7, 11) is 1.55. The van der Waals surface area contributed by atoms with Gasteiger partial charge in [0.2, 0.25) is 0 Å². The molecule has 246 valence electrons. The molecule has 12 nitrogen and oxygen atoms in total. The second-order valence-corrected chi connectivity index (χ2v) is 11.7. The van der Waals surface area contributed by atoms with Crippen LogP contribution in [-0.4, -0.2) is 67.7 Å². The minimum Gasteiger partial charge on any atom is -0.497 e. The van der Waals surface area contributed by atoms with Crippen molar-refractivity contribution in [2.75, 3.05) is 19.0 Å². The Labute approximate surface area is 280 Å². The number of para-hydroxylation sites is 2. The predicted molar refractivity (Wildman–Crippen MR) is 177 cm³/mol. The van der Waals surface area contributed by atoms with Crippen molar-refractivity contribution in [3.63, 3.8) is 0 Å². The maximum atomic E-state index is 13.1. The van der Waals surface area contributed by atoms with Gasteiger partial charge in [0.05, 0.1) is 20.0 Å². The van der Waals surface area contributed by atoms with Crippen LogP contribution in [0.4, 0.5) is 5.82 Å². The van der Waals surface area contributed by atoms with Gasteiger partial charge in [-0.2, -0.15) is 0 Å². The highest BCUT2D eigenvalue weighted by Crippen LogP contribution is 2.54. The Morgan fingerprint density at radius 1 is 0.898 bits per heavy atom. The molecule has 1 amide bonds. The van der Waals surface area contributed by atoms with Gasteiger partial charge >= 0.3 is 0 Å². The third-order valence-corrected chi connectivity index (χ3v) is 8.96. The largest absolute Gasteiger partial charge is 0.497 e. The topological polar surface area (TPSA) is 150 Å². The number of nitrogens with zero attached hydrogens (tertiary/aromatic N) is 4. The number of nitrogens with one attached hydrogen (secondary N) is 1. The molecule has 4 heterocycles. The summed E-state index contributed by atoms with van der Waals surface area (Å²) in [5, 5.41) is 24.9. The lowest BCUT2D eigenvalue weighted by Gasteiger charge is -2.43. The Hall–Kier alpha value is -5.66. The Morgan fingerprint density at radius 3 is 2.24 bits per heavy atom. The van der Waals surface area contributed by atoms with E-state index < -0.39 is 42.7 Å². The van der Waals surface area contributed by atoms with Crippen molar-refractivity contribution in [1.82, 2.24) is 19.5 Å². The number of methoxy groups -OCH3 is 1. The van der Waals surface area contributed by atoms with Crippen LogP contribution in [0.5, 0.6) is 17.2 Å². The SMILES string of the molecule is COc1ccc(C(=O)Nc2ncnc3c2ncn3[C@@H]2O[C@H](CO)[C@@H](O)[C@H]2OC2(c3ccccc3)c3ccccc3Oc3ccccc32)cc1. The van der Waals surface area contributed by atoms with E-state index in [1.54, 1.807) is 35.9 Å². The first-order chi connectivity index (χ1) is 24.0. The van der Waals surface area contributed by atoms with Crippen LogP contribution in [0.1, 0.15) is 33.3 Å². The highest BCUT2D eigenvalue weighted by Gasteiger charge is 2.53. The van der Waals surface area contributed by atoms with E-state index >= 15 is 0 Å². The van der Waals surface area contributed by atoms with Crippen LogP contribution < -0.4 is 14.8 Å². The molecule has 3 N–H and O–H groups in total. The summed E-state index contributed by atoms with van der Waals surface area (Å²) in [6.45, 7) is -0.461. The number of hydrogen-bond acceptors (Lipinski definition) is 10. The zero-order chi connectivity index (χ0) is 33.5. The number of aromatic nitrogens is 4. The van der Waals surface area contributed by atoms with Crippen LogP contribution in [0.15, 0.2) is 116 Å². The lowest BCUT2D eigenvalue weighted by molar-refractivity contribution is -0.124. The van der Waals surface area contributed by atoms with E-state index in [1.807, 2.05) is 78.9 Å². The van der Waals surface area contributed by atoms with Gasteiger partial charge < -0.3 is 34.5 Å². The zero-order valence-electron chi connectivity index (χ0n) is 26.2. The van der Waals surface area contributed by atoms with Crippen molar-refractivity contribution in [3.8, 4) is 17.2 Å². The number of fused-ring (bicyclic) bond motifs is 3. The molecule has 1 fully saturated rings. The van der Waals surface area contributed by atoms with E-state index in [2.05, 4.69) is 20.3 Å². The summed E-state index contributed by atoms with van der Waals surface area (Å²) in [5.74, 6) is 1.62. The van der Waals surface area contributed by atoms with Crippen molar-refractivity contribution >= 4 is 22.9 Å². The quantitative estimate of drug-likeness (QED) is 0.208. The number of hydrogen-bond donors (Lipinski definition) is 3. The van der Waals surface area contributed by atoms with Crippen molar-refractivity contribution in [1.29, 1.82) is 0 Å². The molecule has 49 heavy (non-hydrogen) atoms. The van der Waals surface area contributed by atoms with Gasteiger partial charge in [0.1, 0.15) is 41.9 Å². The number of amides is 1. The zero-order valence-corrected chi connectivity index (χ0v) is 26.2. The van der Waals surface area contributed by atoms with Gasteiger partial charge in [-0.1, -0.05) is 66.7 Å². The molecule has 1 saturated heterocycles. The fraction of sp³-hybridized carbons (Fsp3) is 0.189. The molecule has 8 rings (SSSR count). The minimum absolute atomic E-state index is 0.187. The molecule has 2 aliphatic rings. The third-order valence-electron chi connectivity index (χ3n) is 8.96. The highest BCUT2D eigenvalue weighted by atomic mass is 16.6. The van der Waals surface area contributed by atoms with Gasteiger partial charge in [0, 0.05) is 16.7 Å². The normalized spacial score (nSPS) is 20.6. The molecule has 0 bridgehead atoms. The molecule has 2 aliphatic heterocycles. The first-order valence-corrected chi connectivity index (χ1v) is 15.7. The monoisotopic (exact) mass is 657 g/mol. The fourth-order valence-corrected chi connectivity index (χ4v) is 6.61. The van der Waals surface area contributed by atoms with Gasteiger partial charge in [0.15, 0.2) is 28.8 Å². The van der Waals surface area contributed by atoms with Crippen LogP contribution in [0.3, 0.4) is 0 Å². The van der Waals surface area contributed by atoms with Crippen LogP contribution in [0, 0.1) is 0 Å². The Kier molecular flexibility index (Phi) is 7.77. The molecule has 12 heteroatoms. The van der Waals surface area contributed by atoms with Crippen molar-refractivity contribution in [2.24, 2.45) is 0 Å². The van der Waals surface area contributed by atoms with Crippen molar-refractivity contribution in [3.05, 3.63) is 138 Å². The molecule has 0 radical (unpaired) electrons. The summed E-state index contributed by atoms with van der Waals surface area (Å²) < 4.78 is 26.7. The second-order valence-electron chi connectivity index (χ2n) is 11.7. The summed E-state index contributed by atoms with van der Waals surface area (Å²) in [6.07, 6.45) is -1.49. The van der Waals surface area contributed by atoms with Gasteiger partial charge in [-0.15, -0.1) is 0 Å². The van der Waals surface area contributed by atoms with Crippen LogP contribution in [0.25, 0.3) is 11.2 Å². The fourth-order valence-electron chi connectivity index (χ4n) is 6.61. The number of benzene rings is 4. The molecule has 2 aromatic heterocycles. The standard InChI is InChI=1S/C37H31N5O7/c1-46-24-17-15-22(16-18-24)35(45)41-33-30-34(39-20-38-33)42(21-40-30)36-32(31(44)29(19-43)48-36)49-37(23-9-3-2-4-10-23)25-11-5-7-13-27(25)47-28-14-8-6-12-26(28)37/h2-18,20-21,29,31-32,36,43-44H,19H2,1H3,(H,38,39,41,45)/t29-,31-,32-,36-/m1/s1. The summed E-state index contributed by atoms with van der Waals surface area (Å²) in [6, 6.07) is 31.6. The first kappa shape index (κ1) is 30.7. The molecule has 6 aromatic rings. The number of anilines is 1. The number of aliphatic hydroxyl groups excluding tert-OH is 2.